The molecule has 1 aliphatic heterocycles. The summed E-state index contributed by atoms with van der Waals surface area (Å²) in [5, 5.41) is 13.6. The number of hydrogen-bond acceptors (Lipinski definition) is 6. The van der Waals surface area contributed by atoms with Crippen molar-refractivity contribution in [3.05, 3.63) is 47.5 Å². The smallest absolute Gasteiger partial charge is 0.231 e. The van der Waals surface area contributed by atoms with Crippen LogP contribution in [0.3, 0.4) is 0 Å². The van der Waals surface area contributed by atoms with E-state index in [0.29, 0.717) is 36.1 Å². The van der Waals surface area contributed by atoms with Crippen molar-refractivity contribution in [2.75, 3.05) is 27.6 Å². The zero-order chi connectivity index (χ0) is 16.9. The molecular weight excluding hydrogens is 310 g/mol. The molecule has 0 spiro atoms. The number of rotatable bonds is 7. The lowest BCUT2D eigenvalue weighted by molar-refractivity contribution is 0.170. The third kappa shape index (κ3) is 3.39. The van der Waals surface area contributed by atoms with Gasteiger partial charge in [0.25, 0.3) is 0 Å². The van der Waals surface area contributed by atoms with Gasteiger partial charge in [0, 0.05) is 18.7 Å². The first-order chi connectivity index (χ1) is 11.7. The second kappa shape index (κ2) is 7.42. The van der Waals surface area contributed by atoms with Crippen molar-refractivity contribution in [1.29, 1.82) is 0 Å². The van der Waals surface area contributed by atoms with Gasteiger partial charge in [-0.25, -0.2) is 0 Å². The molecule has 0 saturated heterocycles. The van der Waals surface area contributed by atoms with Crippen LogP contribution in [0.25, 0.3) is 0 Å². The molecule has 2 N–H and O–H groups in total. The molecule has 6 nitrogen and oxygen atoms in total. The monoisotopic (exact) mass is 331 g/mol. The Morgan fingerprint density at radius 2 is 1.92 bits per heavy atom. The van der Waals surface area contributed by atoms with E-state index >= 15 is 0 Å². The summed E-state index contributed by atoms with van der Waals surface area (Å²) in [7, 11) is 3.19. The van der Waals surface area contributed by atoms with Gasteiger partial charge in [0.2, 0.25) is 12.5 Å². The van der Waals surface area contributed by atoms with Gasteiger partial charge in [0.1, 0.15) is 5.75 Å². The zero-order valence-electron chi connectivity index (χ0n) is 13.7. The molecule has 0 bridgehead atoms. The number of hydrogen-bond donors (Lipinski definition) is 2. The van der Waals surface area contributed by atoms with Gasteiger partial charge in [-0.15, -0.1) is 0 Å². The summed E-state index contributed by atoms with van der Waals surface area (Å²) in [6, 6.07) is 11.3. The van der Waals surface area contributed by atoms with E-state index in [0.717, 1.165) is 11.1 Å². The van der Waals surface area contributed by atoms with E-state index in [-0.39, 0.29) is 6.79 Å². The Labute approximate surface area is 140 Å². The van der Waals surface area contributed by atoms with Crippen molar-refractivity contribution >= 4 is 0 Å². The molecule has 6 heteroatoms. The average Bonchev–Trinajstić information content (AvgIpc) is 3.09. The number of aliphatic hydroxyl groups is 1. The number of para-hydroxylation sites is 1. The van der Waals surface area contributed by atoms with Gasteiger partial charge in [0.15, 0.2) is 11.5 Å². The maximum absolute atomic E-state index is 10.4. The van der Waals surface area contributed by atoms with Crippen LogP contribution >= 0.6 is 0 Å². The highest BCUT2D eigenvalue weighted by atomic mass is 16.7. The van der Waals surface area contributed by atoms with E-state index < -0.39 is 6.10 Å². The molecule has 128 valence electrons. The third-order valence-electron chi connectivity index (χ3n) is 3.88. The van der Waals surface area contributed by atoms with Crippen molar-refractivity contribution in [3.63, 3.8) is 0 Å². The summed E-state index contributed by atoms with van der Waals surface area (Å²) in [6.07, 6.45) is -0.656. The number of nitrogens with one attached hydrogen (secondary N) is 1. The lowest BCUT2D eigenvalue weighted by Gasteiger charge is -2.15. The summed E-state index contributed by atoms with van der Waals surface area (Å²) < 4.78 is 21.4. The number of benzene rings is 2. The van der Waals surface area contributed by atoms with E-state index in [1.807, 2.05) is 36.4 Å². The number of fused-ring (bicyclic) bond motifs is 1. The van der Waals surface area contributed by atoms with Gasteiger partial charge in [-0.05, 0) is 23.8 Å². The van der Waals surface area contributed by atoms with E-state index in [1.54, 1.807) is 14.2 Å². The Morgan fingerprint density at radius 3 is 2.71 bits per heavy atom. The van der Waals surface area contributed by atoms with Gasteiger partial charge >= 0.3 is 0 Å². The topological polar surface area (TPSA) is 69.2 Å². The Hall–Kier alpha value is -2.44. The molecule has 0 saturated carbocycles. The van der Waals surface area contributed by atoms with Crippen molar-refractivity contribution in [1.82, 2.24) is 5.32 Å². The Bertz CT molecular complexity index is 704. The molecule has 0 aliphatic carbocycles. The van der Waals surface area contributed by atoms with Crippen molar-refractivity contribution in [2.24, 2.45) is 0 Å². The standard InChI is InChI=1S/C18H21NO5/c1-21-15-6-4-3-5-13(15)14(20)10-19-9-12-7-16(22-2)18-17(8-12)23-11-24-18/h3-8,14,19-20H,9-11H2,1-2H3. The molecule has 1 aliphatic rings. The molecule has 1 atom stereocenters. The highest BCUT2D eigenvalue weighted by Gasteiger charge is 2.20. The van der Waals surface area contributed by atoms with Crippen LogP contribution in [0.2, 0.25) is 0 Å². The lowest BCUT2D eigenvalue weighted by Crippen LogP contribution is -2.21. The highest BCUT2D eigenvalue weighted by molar-refractivity contribution is 5.55. The molecular formula is C18H21NO5. The van der Waals surface area contributed by atoms with Crippen LogP contribution in [0.15, 0.2) is 36.4 Å². The highest BCUT2D eigenvalue weighted by Crippen LogP contribution is 2.41. The third-order valence-corrected chi connectivity index (χ3v) is 3.88. The SMILES string of the molecule is COc1ccccc1C(O)CNCc1cc(OC)c2c(c1)OCO2. The van der Waals surface area contributed by atoms with E-state index in [4.69, 9.17) is 18.9 Å². The normalized spacial score (nSPS) is 13.6. The first-order valence-corrected chi connectivity index (χ1v) is 7.71. The van der Waals surface area contributed by atoms with E-state index in [9.17, 15) is 5.11 Å². The molecule has 1 unspecified atom stereocenters. The summed E-state index contributed by atoms with van der Waals surface area (Å²) >= 11 is 0. The number of ether oxygens (including phenoxy) is 4. The van der Waals surface area contributed by atoms with Gasteiger partial charge in [-0.1, -0.05) is 18.2 Å². The average molecular weight is 331 g/mol. The summed E-state index contributed by atoms with van der Waals surface area (Å²) in [5.41, 5.74) is 1.75. The van der Waals surface area contributed by atoms with Crippen LogP contribution in [0, 0.1) is 0 Å². The first kappa shape index (κ1) is 16.4. The fourth-order valence-electron chi connectivity index (χ4n) is 2.69. The van der Waals surface area contributed by atoms with Crippen molar-refractivity contribution in [2.45, 2.75) is 12.6 Å². The number of aliphatic hydroxyl groups excluding tert-OH is 1. The van der Waals surface area contributed by atoms with E-state index in [2.05, 4.69) is 5.32 Å². The maximum Gasteiger partial charge on any atom is 0.231 e. The fraction of sp³-hybridized carbons (Fsp3) is 0.333. The van der Waals surface area contributed by atoms with Crippen LogP contribution in [-0.2, 0) is 6.54 Å². The van der Waals surface area contributed by atoms with Crippen LogP contribution in [0.1, 0.15) is 17.2 Å². The second-order valence-corrected chi connectivity index (χ2v) is 5.42. The summed E-state index contributed by atoms with van der Waals surface area (Å²) in [6.45, 7) is 1.17. The molecule has 0 radical (unpaired) electrons. The molecule has 0 aromatic heterocycles. The molecule has 0 amide bonds. The Balaban J connectivity index is 1.62. The van der Waals surface area contributed by atoms with Gasteiger partial charge in [-0.2, -0.15) is 0 Å². The lowest BCUT2D eigenvalue weighted by atomic mass is 10.1. The molecule has 2 aromatic carbocycles. The summed E-state index contributed by atoms with van der Waals surface area (Å²) in [5.74, 6) is 2.63. The van der Waals surface area contributed by atoms with Crippen LogP contribution in [-0.4, -0.2) is 32.7 Å². The van der Waals surface area contributed by atoms with Gasteiger partial charge < -0.3 is 29.4 Å². The van der Waals surface area contributed by atoms with Crippen molar-refractivity contribution in [3.8, 4) is 23.0 Å². The van der Waals surface area contributed by atoms with Crippen LogP contribution < -0.4 is 24.3 Å². The first-order valence-electron chi connectivity index (χ1n) is 7.71. The molecule has 24 heavy (non-hydrogen) atoms. The van der Waals surface area contributed by atoms with Gasteiger partial charge in [-0.3, -0.25) is 0 Å². The van der Waals surface area contributed by atoms with Crippen molar-refractivity contribution < 1.29 is 24.1 Å². The van der Waals surface area contributed by atoms with Crippen LogP contribution in [0.5, 0.6) is 23.0 Å². The minimum absolute atomic E-state index is 0.203. The van der Waals surface area contributed by atoms with E-state index in [1.165, 1.54) is 0 Å². The Kier molecular flexibility index (Phi) is 5.08. The minimum Gasteiger partial charge on any atom is -0.496 e. The van der Waals surface area contributed by atoms with Gasteiger partial charge in [0.05, 0.1) is 20.3 Å². The zero-order valence-corrected chi connectivity index (χ0v) is 13.7. The minimum atomic E-state index is -0.656. The molecule has 3 rings (SSSR count). The molecule has 2 aromatic rings. The molecule has 0 fully saturated rings. The second-order valence-electron chi connectivity index (χ2n) is 5.42. The predicted octanol–water partition coefficient (Wildman–Crippen LogP) is 2.26. The number of methoxy groups -OCH3 is 2. The Morgan fingerprint density at radius 1 is 1.12 bits per heavy atom. The van der Waals surface area contributed by atoms with Crippen LogP contribution in [0.4, 0.5) is 0 Å². The maximum atomic E-state index is 10.4. The predicted molar refractivity (Wildman–Crippen MR) is 88.8 cm³/mol. The fourth-order valence-corrected chi connectivity index (χ4v) is 2.69. The largest absolute Gasteiger partial charge is 0.496 e. The summed E-state index contributed by atoms with van der Waals surface area (Å²) in [4.78, 5) is 0. The molecule has 1 heterocycles. The quantitative estimate of drug-likeness (QED) is 0.811.